The summed E-state index contributed by atoms with van der Waals surface area (Å²) in [5.41, 5.74) is 7.51. The molecule has 2 aromatic carbocycles. The molecule has 0 bridgehead atoms. The lowest BCUT2D eigenvalue weighted by Gasteiger charge is -2.41. The molecule has 0 saturated carbocycles. The van der Waals surface area contributed by atoms with Crippen molar-refractivity contribution >= 4 is 45.8 Å². The third-order valence-corrected chi connectivity index (χ3v) is 9.87. The van der Waals surface area contributed by atoms with E-state index in [1.54, 1.807) is 13.3 Å². The average molecular weight is 662 g/mol. The number of fused-ring (bicyclic) bond motifs is 4. The lowest BCUT2D eigenvalue weighted by atomic mass is 9.81. The number of nitrogens with zero attached hydrogens (tertiary/aromatic N) is 5. The van der Waals surface area contributed by atoms with Crippen molar-refractivity contribution in [1.29, 1.82) is 0 Å². The Morgan fingerprint density at radius 2 is 1.80 bits per heavy atom. The van der Waals surface area contributed by atoms with E-state index in [1.807, 2.05) is 51.1 Å². The van der Waals surface area contributed by atoms with Gasteiger partial charge < -0.3 is 24.1 Å². The highest BCUT2D eigenvalue weighted by molar-refractivity contribution is 6.05. The van der Waals surface area contributed by atoms with Gasteiger partial charge in [0.25, 0.3) is 0 Å². The van der Waals surface area contributed by atoms with Crippen molar-refractivity contribution in [3.63, 3.8) is 0 Å². The molecule has 254 valence electrons. The summed E-state index contributed by atoms with van der Waals surface area (Å²) in [6, 6.07) is 14.2. The van der Waals surface area contributed by atoms with Gasteiger partial charge in [0.05, 0.1) is 11.3 Å². The van der Waals surface area contributed by atoms with Crippen molar-refractivity contribution in [2.24, 2.45) is 5.41 Å². The fourth-order valence-electron chi connectivity index (χ4n) is 7.28. The molecule has 1 atom stereocenters. The molecule has 49 heavy (non-hydrogen) atoms. The van der Waals surface area contributed by atoms with E-state index in [2.05, 4.69) is 45.7 Å². The molecule has 3 aromatic heterocycles. The molecule has 1 N–H and O–H groups in total. The maximum Gasteiger partial charge on any atom is 0.337 e. The Morgan fingerprint density at radius 3 is 2.51 bits per heavy atom. The molecule has 0 aliphatic carbocycles. The van der Waals surface area contributed by atoms with Crippen molar-refractivity contribution in [3.05, 3.63) is 76.9 Å². The quantitative estimate of drug-likeness (QED) is 0.174. The van der Waals surface area contributed by atoms with Crippen LogP contribution in [0.3, 0.4) is 0 Å². The van der Waals surface area contributed by atoms with Gasteiger partial charge in [0, 0.05) is 48.4 Å². The van der Waals surface area contributed by atoms with Gasteiger partial charge in [-0.3, -0.25) is 4.79 Å². The van der Waals surface area contributed by atoms with E-state index in [0.717, 1.165) is 83.3 Å². The predicted octanol–water partition coefficient (Wildman–Crippen LogP) is 7.69. The molecule has 10 heteroatoms. The summed E-state index contributed by atoms with van der Waals surface area (Å²) in [7, 11) is 0. The minimum absolute atomic E-state index is 0.163. The number of pyridine rings is 1. The van der Waals surface area contributed by atoms with Crippen LogP contribution in [0.15, 0.2) is 53.2 Å². The topological polar surface area (TPSA) is 122 Å². The highest BCUT2D eigenvalue weighted by Crippen LogP contribution is 2.45. The van der Waals surface area contributed by atoms with Gasteiger partial charge in [0.15, 0.2) is 23.8 Å². The number of aliphatic carboxylic acids is 1. The minimum Gasteiger partial charge on any atom is -0.479 e. The Morgan fingerprint density at radius 1 is 1.04 bits per heavy atom. The van der Waals surface area contributed by atoms with Crippen molar-refractivity contribution in [2.75, 3.05) is 29.4 Å². The van der Waals surface area contributed by atoms with Crippen LogP contribution >= 0.6 is 0 Å². The number of para-hydroxylation sites is 1. The van der Waals surface area contributed by atoms with Gasteiger partial charge in [0.1, 0.15) is 23.1 Å². The molecular formula is C39H43N5O5. The predicted molar refractivity (Wildman–Crippen MR) is 190 cm³/mol. The average Bonchev–Trinajstić information content (AvgIpc) is 3.45. The molecular weight excluding hydrogens is 618 g/mol. The fraction of sp³-hybridized carbons (Fsp3) is 0.410. The third-order valence-electron chi connectivity index (χ3n) is 9.87. The van der Waals surface area contributed by atoms with E-state index >= 15 is 0 Å². The van der Waals surface area contributed by atoms with Crippen LogP contribution in [-0.2, 0) is 22.5 Å². The van der Waals surface area contributed by atoms with Crippen LogP contribution in [-0.4, -0.2) is 57.5 Å². The lowest BCUT2D eigenvalue weighted by molar-refractivity contribution is -0.160. The first kappa shape index (κ1) is 32.7. The molecule has 1 unspecified atom stereocenters. The van der Waals surface area contributed by atoms with Crippen LogP contribution in [0.2, 0.25) is 0 Å². The normalized spacial score (nSPS) is 16.9. The number of hydrogen-bond donors (Lipinski definition) is 1. The Hall–Kier alpha value is -4.83. The van der Waals surface area contributed by atoms with E-state index in [9.17, 15) is 14.7 Å². The Labute approximate surface area is 286 Å². The second-order valence-corrected chi connectivity index (χ2v) is 15.1. The molecule has 0 radical (unpaired) electrons. The number of aryl methyl sites for hydroxylation is 1. The molecule has 5 heterocycles. The number of aromatic nitrogens is 3. The fourth-order valence-corrected chi connectivity index (χ4v) is 7.28. The molecule has 1 saturated heterocycles. The van der Waals surface area contributed by atoms with Gasteiger partial charge in [-0.25, -0.2) is 19.7 Å². The van der Waals surface area contributed by atoms with Gasteiger partial charge in [-0.15, -0.1) is 0 Å². The SMILES string of the molecule is Cc1nc(C=O)c(-c2ccc3c(c2)CCN(c2ncnc4c2oc2ccccc24)C3)c(N2CCC(C)(C)CC2)c1C(OC(C)(C)C)C(=O)O. The van der Waals surface area contributed by atoms with Gasteiger partial charge in [-0.2, -0.15) is 0 Å². The summed E-state index contributed by atoms with van der Waals surface area (Å²) in [5.74, 6) is -0.322. The Balaban J connectivity index is 1.32. The number of piperidine rings is 1. The van der Waals surface area contributed by atoms with Gasteiger partial charge in [-0.05, 0) is 81.2 Å². The van der Waals surface area contributed by atoms with Crippen molar-refractivity contribution in [3.8, 4) is 11.1 Å². The lowest BCUT2D eigenvalue weighted by Crippen LogP contribution is -2.39. The highest BCUT2D eigenvalue weighted by Gasteiger charge is 2.37. The van der Waals surface area contributed by atoms with E-state index in [0.29, 0.717) is 41.2 Å². The van der Waals surface area contributed by atoms with Gasteiger partial charge in [0.2, 0.25) is 0 Å². The summed E-state index contributed by atoms with van der Waals surface area (Å²) in [4.78, 5) is 44.0. The number of aldehydes is 1. The first-order chi connectivity index (χ1) is 23.3. The maximum absolute atomic E-state index is 12.9. The van der Waals surface area contributed by atoms with Crippen LogP contribution in [0.25, 0.3) is 33.2 Å². The molecule has 2 aliphatic rings. The van der Waals surface area contributed by atoms with Crippen LogP contribution in [0.1, 0.15) is 86.4 Å². The number of carboxylic acids is 1. The number of benzene rings is 2. The first-order valence-corrected chi connectivity index (χ1v) is 17.0. The number of hydrogen-bond acceptors (Lipinski definition) is 9. The van der Waals surface area contributed by atoms with Gasteiger partial charge in [-0.1, -0.05) is 44.2 Å². The van der Waals surface area contributed by atoms with Gasteiger partial charge >= 0.3 is 5.97 Å². The molecule has 0 amide bonds. The Bertz CT molecular complexity index is 2090. The van der Waals surface area contributed by atoms with E-state index < -0.39 is 17.7 Å². The van der Waals surface area contributed by atoms with Crippen LogP contribution in [0.4, 0.5) is 11.5 Å². The second kappa shape index (κ2) is 12.2. The highest BCUT2D eigenvalue weighted by atomic mass is 16.5. The summed E-state index contributed by atoms with van der Waals surface area (Å²) >= 11 is 0. The molecule has 0 spiro atoms. The molecule has 5 aromatic rings. The van der Waals surface area contributed by atoms with Crippen molar-refractivity contribution < 1.29 is 23.8 Å². The summed E-state index contributed by atoms with van der Waals surface area (Å²) in [5, 5.41) is 11.5. The van der Waals surface area contributed by atoms with Crippen molar-refractivity contribution in [2.45, 2.75) is 79.1 Å². The molecule has 1 fully saturated rings. The zero-order valence-electron chi connectivity index (χ0n) is 29.0. The number of carbonyl (C=O) groups excluding carboxylic acids is 1. The second-order valence-electron chi connectivity index (χ2n) is 15.1. The summed E-state index contributed by atoms with van der Waals surface area (Å²) in [6.45, 7) is 14.6. The first-order valence-electron chi connectivity index (χ1n) is 17.0. The number of rotatable bonds is 7. The zero-order chi connectivity index (χ0) is 34.7. The van der Waals surface area contributed by atoms with Crippen LogP contribution in [0, 0.1) is 12.3 Å². The largest absolute Gasteiger partial charge is 0.479 e. The number of anilines is 2. The molecule has 7 rings (SSSR count). The zero-order valence-corrected chi connectivity index (χ0v) is 29.0. The van der Waals surface area contributed by atoms with E-state index in [4.69, 9.17) is 14.1 Å². The monoisotopic (exact) mass is 661 g/mol. The molecule has 10 nitrogen and oxygen atoms in total. The van der Waals surface area contributed by atoms with Crippen LogP contribution < -0.4 is 9.80 Å². The minimum atomic E-state index is -1.26. The summed E-state index contributed by atoms with van der Waals surface area (Å²) in [6.07, 6.45) is 3.74. The maximum atomic E-state index is 12.9. The summed E-state index contributed by atoms with van der Waals surface area (Å²) < 4.78 is 12.5. The Kier molecular flexibility index (Phi) is 8.17. The van der Waals surface area contributed by atoms with Crippen molar-refractivity contribution in [1.82, 2.24) is 15.0 Å². The number of carboxylic acid groups (broad SMARTS) is 1. The van der Waals surface area contributed by atoms with E-state index in [-0.39, 0.29) is 5.41 Å². The number of carbonyl (C=O) groups is 2. The standard InChI is InChI=1S/C39H43N5O5/c1-23-30(34(37(46)47)49-38(2,3)4)33(43-17-14-39(5,6)15-18-43)31(28(21-45)42-23)25-11-12-26-20-44(16-13-24(26)19-25)36-35-32(40-22-41-36)27-9-7-8-10-29(27)48-35/h7-12,19,21-22,34H,13-18,20H2,1-6H3,(H,46,47). The van der Waals surface area contributed by atoms with E-state index in [1.165, 1.54) is 0 Å². The smallest absolute Gasteiger partial charge is 0.337 e. The number of furan rings is 1. The van der Waals surface area contributed by atoms with Crippen LogP contribution in [0.5, 0.6) is 0 Å². The number of ether oxygens (including phenoxy) is 1. The third kappa shape index (κ3) is 6.14. The molecule has 2 aliphatic heterocycles.